The highest BCUT2D eigenvalue weighted by molar-refractivity contribution is 7.81. The van der Waals surface area contributed by atoms with E-state index in [9.17, 15) is 0 Å². The summed E-state index contributed by atoms with van der Waals surface area (Å²) in [6, 6.07) is 0. The molecule has 3 heteroatoms. The number of hydrogen-bond donors (Lipinski definition) is 1. The number of rotatable bonds is 3. The van der Waals surface area contributed by atoms with E-state index in [1.165, 1.54) is 19.3 Å². The van der Waals surface area contributed by atoms with Crippen molar-refractivity contribution in [1.82, 2.24) is 0 Å². The average molecular weight is 217 g/mol. The molecule has 1 rings (SSSR count). The Balaban J connectivity index is 2.72. The molecule has 0 amide bonds. The van der Waals surface area contributed by atoms with Crippen LogP contribution in [0.15, 0.2) is 0 Å². The zero-order valence-corrected chi connectivity index (χ0v) is 10.8. The lowest BCUT2D eigenvalue weighted by Gasteiger charge is -2.44. The fraction of sp³-hybridized carbons (Fsp3) is 0.900. The van der Waals surface area contributed by atoms with E-state index in [-0.39, 0.29) is 5.22 Å². The van der Waals surface area contributed by atoms with Crippen molar-refractivity contribution in [3.05, 3.63) is 6.92 Å². The molecule has 0 spiro atoms. The summed E-state index contributed by atoms with van der Waals surface area (Å²) in [5, 5.41) is 0.475. The molecule has 0 aromatic rings. The Labute approximate surface area is 89.3 Å². The lowest BCUT2D eigenvalue weighted by atomic mass is 10.0. The molecule has 0 aromatic heterocycles. The highest BCUT2D eigenvalue weighted by Gasteiger charge is 2.41. The van der Waals surface area contributed by atoms with Crippen LogP contribution >= 0.6 is 12.6 Å². The van der Waals surface area contributed by atoms with Crippen molar-refractivity contribution in [2.24, 2.45) is 0 Å². The van der Waals surface area contributed by atoms with Gasteiger partial charge in [-0.3, -0.25) is 0 Å². The molecule has 1 nitrogen and oxygen atoms in total. The largest absolute Gasteiger partial charge is 0.378 e. The van der Waals surface area contributed by atoms with Gasteiger partial charge in [0.1, 0.15) is 0 Å². The van der Waals surface area contributed by atoms with Gasteiger partial charge in [0.15, 0.2) is 0 Å². The Hall–Kier alpha value is 0.527. The third-order valence-electron chi connectivity index (χ3n) is 3.15. The van der Waals surface area contributed by atoms with Gasteiger partial charge in [0.05, 0.1) is 14.0 Å². The highest BCUT2D eigenvalue weighted by atomic mass is 32.1. The van der Waals surface area contributed by atoms with Crippen LogP contribution in [0.5, 0.6) is 0 Å². The minimum Gasteiger partial charge on any atom is -0.378 e. The number of thiol groups is 1. The molecule has 2 atom stereocenters. The highest BCUT2D eigenvalue weighted by Crippen LogP contribution is 2.35. The zero-order chi connectivity index (χ0) is 9.90. The molecule has 1 aliphatic rings. The Kier molecular flexibility index (Phi) is 4.33. The van der Waals surface area contributed by atoms with E-state index in [1.54, 1.807) is 0 Å². The molecule has 0 saturated carbocycles. The van der Waals surface area contributed by atoms with Crippen LogP contribution in [0.1, 0.15) is 25.7 Å². The number of hydrogen-bond acceptors (Lipinski definition) is 2. The predicted octanol–water partition coefficient (Wildman–Crippen LogP) is 2.47. The maximum atomic E-state index is 6.03. The molecule has 1 fully saturated rings. The van der Waals surface area contributed by atoms with Crippen molar-refractivity contribution < 1.29 is 4.74 Å². The van der Waals surface area contributed by atoms with Gasteiger partial charge in [0.25, 0.3) is 0 Å². The van der Waals surface area contributed by atoms with Crippen molar-refractivity contribution in [1.29, 1.82) is 0 Å². The van der Waals surface area contributed by atoms with Gasteiger partial charge in [-0.2, -0.15) is 12.6 Å². The van der Waals surface area contributed by atoms with E-state index < -0.39 is 8.80 Å². The number of ether oxygens (including phenoxy) is 1. The second-order valence-electron chi connectivity index (χ2n) is 4.22. The quantitative estimate of drug-likeness (QED) is 0.564. The minimum absolute atomic E-state index is 0.128. The molecule has 1 saturated heterocycles. The van der Waals surface area contributed by atoms with Gasteiger partial charge in [0.2, 0.25) is 0 Å². The van der Waals surface area contributed by atoms with Gasteiger partial charge >= 0.3 is 0 Å². The maximum absolute atomic E-state index is 6.03. The minimum atomic E-state index is -0.802. The third-order valence-corrected chi connectivity index (χ3v) is 6.94. The Morgan fingerprint density at radius 3 is 2.62 bits per heavy atom. The summed E-state index contributed by atoms with van der Waals surface area (Å²) < 4.78 is 6.03. The van der Waals surface area contributed by atoms with E-state index in [2.05, 4.69) is 32.6 Å². The van der Waals surface area contributed by atoms with Gasteiger partial charge in [-0.15, -0.1) is 0 Å². The van der Waals surface area contributed by atoms with Gasteiger partial charge in [-0.05, 0) is 25.7 Å². The summed E-state index contributed by atoms with van der Waals surface area (Å²) in [6.45, 7) is 9.62. The Morgan fingerprint density at radius 2 is 2.23 bits per heavy atom. The van der Waals surface area contributed by atoms with E-state index in [1.807, 2.05) is 0 Å². The summed E-state index contributed by atoms with van der Waals surface area (Å²) in [6.07, 6.45) is 4.62. The SMILES string of the molecule is [CH2]CC(S)C1([SiH](C)C)CCCCO1. The molecular weight excluding hydrogens is 196 g/mol. The second-order valence-corrected chi connectivity index (χ2v) is 8.13. The molecule has 13 heavy (non-hydrogen) atoms. The van der Waals surface area contributed by atoms with Gasteiger partial charge in [0, 0.05) is 11.9 Å². The van der Waals surface area contributed by atoms with Gasteiger partial charge in [-0.1, -0.05) is 20.0 Å². The van der Waals surface area contributed by atoms with Crippen LogP contribution in [0.3, 0.4) is 0 Å². The molecular formula is C10H21OSSi. The average Bonchev–Trinajstić information content (AvgIpc) is 2.17. The molecule has 0 bridgehead atoms. The van der Waals surface area contributed by atoms with E-state index in [4.69, 9.17) is 4.74 Å². The van der Waals surface area contributed by atoms with Crippen molar-refractivity contribution in [3.63, 3.8) is 0 Å². The third kappa shape index (κ3) is 2.31. The lowest BCUT2D eigenvalue weighted by molar-refractivity contribution is -0.0228. The zero-order valence-electron chi connectivity index (χ0n) is 8.75. The first-order chi connectivity index (χ1) is 6.13. The first kappa shape index (κ1) is 11.6. The van der Waals surface area contributed by atoms with Crippen molar-refractivity contribution in [3.8, 4) is 0 Å². The molecule has 1 aliphatic heterocycles. The fourth-order valence-electron chi connectivity index (χ4n) is 2.18. The predicted molar refractivity (Wildman–Crippen MR) is 64.2 cm³/mol. The molecule has 2 unspecified atom stereocenters. The van der Waals surface area contributed by atoms with Crippen LogP contribution in [0.4, 0.5) is 0 Å². The molecule has 1 radical (unpaired) electrons. The standard InChI is InChI=1S/C10H21OSSi/c1-4-9(12)10(13(2)3)7-5-6-8-11-10/h9,12-13H,1,4-8H2,2-3H3. The summed E-state index contributed by atoms with van der Waals surface area (Å²) in [7, 11) is -0.802. The molecule has 0 aromatic carbocycles. The second kappa shape index (κ2) is 4.85. The van der Waals surface area contributed by atoms with E-state index in [0.29, 0.717) is 5.25 Å². The molecule has 0 N–H and O–H groups in total. The van der Waals surface area contributed by atoms with Gasteiger partial charge < -0.3 is 4.74 Å². The van der Waals surface area contributed by atoms with Crippen LogP contribution < -0.4 is 0 Å². The summed E-state index contributed by atoms with van der Waals surface area (Å²) >= 11 is 4.65. The van der Waals surface area contributed by atoms with Crippen molar-refractivity contribution >= 4 is 21.4 Å². The van der Waals surface area contributed by atoms with Gasteiger partial charge in [-0.25, -0.2) is 0 Å². The summed E-state index contributed by atoms with van der Waals surface area (Å²) in [5.74, 6) is 0. The lowest BCUT2D eigenvalue weighted by Crippen LogP contribution is -2.54. The van der Waals surface area contributed by atoms with Crippen LogP contribution in [-0.2, 0) is 4.74 Å². The first-order valence-electron chi connectivity index (χ1n) is 5.24. The summed E-state index contributed by atoms with van der Waals surface area (Å²) in [4.78, 5) is 0. The van der Waals surface area contributed by atoms with E-state index in [0.717, 1.165) is 13.0 Å². The summed E-state index contributed by atoms with van der Waals surface area (Å²) in [5.41, 5.74) is 0. The fourth-order valence-corrected chi connectivity index (χ4v) is 5.45. The van der Waals surface area contributed by atoms with Crippen LogP contribution in [-0.4, -0.2) is 25.9 Å². The van der Waals surface area contributed by atoms with Crippen LogP contribution in [0.2, 0.25) is 13.1 Å². The molecule has 77 valence electrons. The first-order valence-corrected chi connectivity index (χ1v) is 8.65. The topological polar surface area (TPSA) is 9.23 Å². The van der Waals surface area contributed by atoms with Crippen molar-refractivity contribution in [2.45, 2.75) is 49.3 Å². The normalized spacial score (nSPS) is 32.1. The maximum Gasteiger partial charge on any atom is 0.0709 e. The van der Waals surface area contributed by atoms with Crippen LogP contribution in [0.25, 0.3) is 0 Å². The Morgan fingerprint density at radius 1 is 1.54 bits per heavy atom. The van der Waals surface area contributed by atoms with E-state index >= 15 is 0 Å². The molecule has 0 aliphatic carbocycles. The van der Waals surface area contributed by atoms with Crippen LogP contribution in [0, 0.1) is 6.92 Å². The Bertz CT molecular complexity index is 155. The monoisotopic (exact) mass is 217 g/mol. The molecule has 1 heterocycles. The smallest absolute Gasteiger partial charge is 0.0709 e. The van der Waals surface area contributed by atoms with Crippen molar-refractivity contribution in [2.75, 3.05) is 6.61 Å².